The number of rotatable bonds is 10. The number of aliphatic hydroxyl groups excluding tert-OH is 2. The molecule has 0 saturated carbocycles. The fourth-order valence-corrected chi connectivity index (χ4v) is 6.19. The maximum atomic E-state index is 13.2. The normalized spacial score (nSPS) is 33.5. The Hall–Kier alpha value is -2.77. The van der Waals surface area contributed by atoms with Crippen LogP contribution in [-0.2, 0) is 28.5 Å². The zero-order chi connectivity index (χ0) is 34.9. The maximum Gasteiger partial charge on any atom is 0.410 e. The molecule has 47 heavy (non-hydrogen) atoms. The summed E-state index contributed by atoms with van der Waals surface area (Å²) >= 11 is 0. The van der Waals surface area contributed by atoms with Crippen molar-refractivity contribution in [1.82, 2.24) is 10.2 Å². The van der Waals surface area contributed by atoms with E-state index in [-0.39, 0.29) is 37.4 Å². The minimum absolute atomic E-state index is 0.0201. The van der Waals surface area contributed by atoms with Crippen LogP contribution in [0.4, 0.5) is 4.79 Å². The van der Waals surface area contributed by atoms with E-state index in [1.165, 1.54) is 6.92 Å². The van der Waals surface area contributed by atoms with Gasteiger partial charge in [-0.25, -0.2) is 4.79 Å². The first kappa shape index (κ1) is 38.7. The van der Waals surface area contributed by atoms with Crippen LogP contribution >= 0.6 is 0 Å². The molecule has 0 aromatic rings. The summed E-state index contributed by atoms with van der Waals surface area (Å²) < 4.78 is 23.3. The van der Waals surface area contributed by atoms with Gasteiger partial charge in [0.05, 0.1) is 36.4 Å². The van der Waals surface area contributed by atoms with E-state index in [0.29, 0.717) is 44.6 Å². The highest BCUT2D eigenvalue weighted by atomic mass is 16.6. The van der Waals surface area contributed by atoms with Crippen molar-refractivity contribution in [1.29, 1.82) is 0 Å². The highest BCUT2D eigenvalue weighted by Crippen LogP contribution is 2.37. The van der Waals surface area contributed by atoms with Crippen molar-refractivity contribution in [2.45, 2.75) is 128 Å². The van der Waals surface area contributed by atoms with Gasteiger partial charge in [0, 0.05) is 51.4 Å². The third-order valence-electron chi connectivity index (χ3n) is 9.33. The molecule has 3 aliphatic heterocycles. The summed E-state index contributed by atoms with van der Waals surface area (Å²) in [4.78, 5) is 39.9. The number of ether oxygens (including phenoxy) is 4. The lowest BCUT2D eigenvalue weighted by Crippen LogP contribution is -2.52. The van der Waals surface area contributed by atoms with E-state index in [2.05, 4.69) is 5.32 Å². The predicted molar refractivity (Wildman–Crippen MR) is 175 cm³/mol. The first-order chi connectivity index (χ1) is 22.0. The van der Waals surface area contributed by atoms with Gasteiger partial charge in [-0.05, 0) is 51.7 Å². The number of nitrogens with zero attached hydrogens (tertiary/aromatic N) is 1. The summed E-state index contributed by atoms with van der Waals surface area (Å²) in [6.07, 6.45) is 5.52. The number of nitrogens with one attached hydrogen (secondary N) is 1. The van der Waals surface area contributed by atoms with Crippen molar-refractivity contribution in [2.75, 3.05) is 26.2 Å². The summed E-state index contributed by atoms with van der Waals surface area (Å²) in [6.45, 7) is 14.4. The highest BCUT2D eigenvalue weighted by molar-refractivity contribution is 5.71. The monoisotopic (exact) mass is 664 g/mol. The van der Waals surface area contributed by atoms with Crippen molar-refractivity contribution in [3.8, 4) is 0 Å². The molecule has 0 aliphatic carbocycles. The molecule has 1 amide bonds. The fourth-order valence-electron chi connectivity index (χ4n) is 6.19. The number of esters is 2. The molecule has 0 spiro atoms. The summed E-state index contributed by atoms with van der Waals surface area (Å²) in [7, 11) is 0. The van der Waals surface area contributed by atoms with Gasteiger partial charge < -0.3 is 44.5 Å². The van der Waals surface area contributed by atoms with E-state index >= 15 is 0 Å². The second-order valence-electron chi connectivity index (χ2n) is 13.8. The molecule has 0 aromatic carbocycles. The van der Waals surface area contributed by atoms with E-state index in [9.17, 15) is 29.7 Å². The lowest BCUT2D eigenvalue weighted by Gasteiger charge is -2.38. The third kappa shape index (κ3) is 11.7. The molecule has 12 nitrogen and oxygen atoms in total. The Labute approximate surface area is 279 Å². The molecule has 2 saturated heterocycles. The number of hydrogen-bond donors (Lipinski definition) is 4. The Morgan fingerprint density at radius 2 is 1.94 bits per heavy atom. The average molecular weight is 665 g/mol. The van der Waals surface area contributed by atoms with Crippen LogP contribution in [0.1, 0.15) is 80.6 Å². The third-order valence-corrected chi connectivity index (χ3v) is 9.33. The van der Waals surface area contributed by atoms with Gasteiger partial charge in [-0.1, -0.05) is 45.1 Å². The topological polar surface area (TPSA) is 167 Å². The lowest BCUT2D eigenvalue weighted by molar-refractivity contribution is -0.158. The van der Waals surface area contributed by atoms with Crippen LogP contribution in [0.5, 0.6) is 0 Å². The highest BCUT2D eigenvalue weighted by Gasteiger charge is 2.47. The second-order valence-corrected chi connectivity index (χ2v) is 13.8. The van der Waals surface area contributed by atoms with Gasteiger partial charge in [0.25, 0.3) is 0 Å². The second kappa shape index (κ2) is 17.1. The van der Waals surface area contributed by atoms with E-state index in [1.54, 1.807) is 56.1 Å². The Kier molecular flexibility index (Phi) is 14.0. The number of epoxide rings is 1. The van der Waals surface area contributed by atoms with Crippen molar-refractivity contribution in [3.63, 3.8) is 0 Å². The summed E-state index contributed by atoms with van der Waals surface area (Å²) in [6, 6.07) is 0. The van der Waals surface area contributed by atoms with Gasteiger partial charge in [-0.2, -0.15) is 0 Å². The smallest absolute Gasteiger partial charge is 0.410 e. The summed E-state index contributed by atoms with van der Waals surface area (Å²) in [5.41, 5.74) is -1.80. The predicted octanol–water partition coefficient (Wildman–Crippen LogP) is 3.19. The molecule has 2 fully saturated rings. The molecule has 10 atom stereocenters. The Balaban J connectivity index is 1.80. The molecule has 5 unspecified atom stereocenters. The van der Waals surface area contributed by atoms with E-state index in [4.69, 9.17) is 18.9 Å². The van der Waals surface area contributed by atoms with Crippen LogP contribution in [0.3, 0.4) is 0 Å². The number of carbonyl (C=O) groups is 3. The van der Waals surface area contributed by atoms with Gasteiger partial charge in [0.15, 0.2) is 11.7 Å². The SMILES string of the molecule is CC[C@H](O)[C@@H](C)[C@H]1O[C@@H]1C[C@@](C)(O)/C=C/C=C(\C)C1OC(=O)CC(O)CCC(C)(OC(=O)N2CCNCC2)C(OC(C)=O)C=CC1C. The number of piperazine rings is 1. The van der Waals surface area contributed by atoms with Crippen LogP contribution in [0.25, 0.3) is 0 Å². The first-order valence-corrected chi connectivity index (χ1v) is 16.9. The van der Waals surface area contributed by atoms with Gasteiger partial charge in [-0.3, -0.25) is 9.59 Å². The maximum absolute atomic E-state index is 13.2. The molecule has 4 N–H and O–H groups in total. The number of allylic oxidation sites excluding steroid dienone is 2. The van der Waals surface area contributed by atoms with Gasteiger partial charge in [-0.15, -0.1) is 0 Å². The fraction of sp³-hybridized carbons (Fsp3) is 0.743. The molecule has 0 radical (unpaired) electrons. The van der Waals surface area contributed by atoms with Crippen LogP contribution in [0, 0.1) is 11.8 Å². The summed E-state index contributed by atoms with van der Waals surface area (Å²) in [5.74, 6) is -1.56. The van der Waals surface area contributed by atoms with Crippen LogP contribution in [-0.4, -0.2) is 112 Å². The molecule has 0 bridgehead atoms. The van der Waals surface area contributed by atoms with Crippen molar-refractivity contribution in [2.24, 2.45) is 11.8 Å². The lowest BCUT2D eigenvalue weighted by atomic mass is 9.88. The van der Waals surface area contributed by atoms with Crippen LogP contribution in [0.15, 0.2) is 36.0 Å². The number of aliphatic hydroxyl groups is 3. The zero-order valence-corrected chi connectivity index (χ0v) is 29.0. The minimum Gasteiger partial charge on any atom is -0.457 e. The number of amides is 1. The zero-order valence-electron chi connectivity index (χ0n) is 29.0. The van der Waals surface area contributed by atoms with E-state index in [1.807, 2.05) is 20.8 Å². The molecule has 3 rings (SSSR count). The summed E-state index contributed by atoms with van der Waals surface area (Å²) in [5, 5.41) is 35.1. The Bertz CT molecular complexity index is 1160. The molecular formula is C35H56N2O10. The van der Waals surface area contributed by atoms with E-state index < -0.39 is 59.6 Å². The van der Waals surface area contributed by atoms with Crippen molar-refractivity contribution in [3.05, 3.63) is 36.0 Å². The molecule has 12 heteroatoms. The van der Waals surface area contributed by atoms with Crippen molar-refractivity contribution >= 4 is 18.0 Å². The molecule has 3 heterocycles. The van der Waals surface area contributed by atoms with Gasteiger partial charge >= 0.3 is 18.0 Å². The molecule has 266 valence electrons. The quantitative estimate of drug-likeness (QED) is 0.0891. The number of hydrogen-bond acceptors (Lipinski definition) is 11. The Morgan fingerprint density at radius 3 is 2.57 bits per heavy atom. The van der Waals surface area contributed by atoms with Crippen molar-refractivity contribution < 1.29 is 48.7 Å². The van der Waals surface area contributed by atoms with Gasteiger partial charge in [0.1, 0.15) is 6.10 Å². The molecule has 3 aliphatic rings. The molecule has 0 aromatic heterocycles. The first-order valence-electron chi connectivity index (χ1n) is 16.9. The van der Waals surface area contributed by atoms with E-state index in [0.717, 1.165) is 0 Å². The van der Waals surface area contributed by atoms with Crippen LogP contribution < -0.4 is 5.32 Å². The van der Waals surface area contributed by atoms with Crippen LogP contribution in [0.2, 0.25) is 0 Å². The number of cyclic esters (lactones) is 1. The average Bonchev–Trinajstić information content (AvgIpc) is 3.77. The molecular weight excluding hydrogens is 608 g/mol. The minimum atomic E-state index is -1.32. The largest absolute Gasteiger partial charge is 0.457 e. The standard InChI is InChI=1S/C35H56N2O10/c1-8-27(40)24(4)32-28(45-32)21-34(6,43)14-9-10-22(2)31-23(3)11-12-29(44-25(5)38)35(7,15-13-26(39)20-30(41)46-31)47-33(42)37-18-16-36-17-19-37/h9-12,14,23-24,26-29,31-32,36,39-40,43H,8,13,15-21H2,1-7H3/b12-11?,14-9+,22-10+/t23?,24-,26?,27+,28-,29?,31?,32-,34+,35?/m1/s1. The van der Waals surface area contributed by atoms with Gasteiger partial charge in [0.2, 0.25) is 0 Å². The number of carbonyl (C=O) groups excluding carboxylic acids is 3. The Morgan fingerprint density at radius 1 is 1.26 bits per heavy atom.